The maximum atomic E-state index is 11.6. The third-order valence-corrected chi connectivity index (χ3v) is 6.07. The van der Waals surface area contributed by atoms with Crippen molar-refractivity contribution in [2.24, 2.45) is 10.9 Å². The molecule has 2 rings (SSSR count). The van der Waals surface area contributed by atoms with Gasteiger partial charge in [-0.1, -0.05) is 23.7 Å². The lowest BCUT2D eigenvalue weighted by Gasteiger charge is -2.29. The van der Waals surface area contributed by atoms with Crippen LogP contribution in [0.2, 0.25) is 5.02 Å². The molecule has 1 saturated heterocycles. The number of sulfonamides is 1. The van der Waals surface area contributed by atoms with Crippen molar-refractivity contribution in [2.75, 3.05) is 39.0 Å². The summed E-state index contributed by atoms with van der Waals surface area (Å²) in [6, 6.07) is 7.87. The summed E-state index contributed by atoms with van der Waals surface area (Å²) in [5.74, 6) is 1.24. The zero-order chi connectivity index (χ0) is 19.0. The molecule has 0 bridgehead atoms. The lowest BCUT2D eigenvalue weighted by molar-refractivity contribution is 0.280. The molecule has 0 saturated carbocycles. The lowest BCUT2D eigenvalue weighted by atomic mass is 9.98. The van der Waals surface area contributed by atoms with Crippen LogP contribution in [0.5, 0.6) is 0 Å². The number of aliphatic imine (C=N–C) groups is 1. The number of guanidine groups is 1. The van der Waals surface area contributed by atoms with Crippen molar-refractivity contribution in [3.63, 3.8) is 0 Å². The summed E-state index contributed by atoms with van der Waals surface area (Å²) in [5, 5.41) is 7.37. The highest BCUT2D eigenvalue weighted by molar-refractivity contribution is 14.0. The fourth-order valence-electron chi connectivity index (χ4n) is 2.96. The van der Waals surface area contributed by atoms with Crippen molar-refractivity contribution in [1.29, 1.82) is 0 Å². The molecule has 1 aliphatic rings. The SMILES string of the molecule is CCNC(=NCC1CCN(S(C)(=O)=O)CC1)NCCc1ccc(Cl)cc1.I. The minimum atomic E-state index is -3.07. The Balaban J connectivity index is 0.00000364. The van der Waals surface area contributed by atoms with Gasteiger partial charge in [-0.25, -0.2) is 12.7 Å². The predicted octanol–water partition coefficient (Wildman–Crippen LogP) is 2.73. The Labute approximate surface area is 185 Å². The molecule has 0 unspecified atom stereocenters. The second-order valence-electron chi connectivity index (χ2n) is 6.63. The van der Waals surface area contributed by atoms with E-state index in [0.717, 1.165) is 43.3 Å². The third kappa shape index (κ3) is 8.97. The standard InChI is InChI=1S/C18H29ClN4O2S.HI/c1-3-20-18(21-11-8-15-4-6-17(19)7-5-15)22-14-16-9-12-23(13-10-16)26(2,24)25;/h4-7,16H,3,8-14H2,1-2H3,(H2,20,21,22);1H. The van der Waals surface area contributed by atoms with E-state index in [-0.39, 0.29) is 24.0 Å². The normalized spacial score (nSPS) is 16.6. The fraction of sp³-hybridized carbons (Fsp3) is 0.611. The first-order valence-corrected chi connectivity index (χ1v) is 11.3. The molecule has 9 heteroatoms. The van der Waals surface area contributed by atoms with E-state index in [2.05, 4.69) is 15.6 Å². The quantitative estimate of drug-likeness (QED) is 0.324. The van der Waals surface area contributed by atoms with Crippen LogP contribution in [0, 0.1) is 5.92 Å². The molecule has 0 atom stereocenters. The summed E-state index contributed by atoms with van der Waals surface area (Å²) in [6.07, 6.45) is 3.90. The Morgan fingerprint density at radius 2 is 1.85 bits per heavy atom. The van der Waals surface area contributed by atoms with E-state index in [1.165, 1.54) is 11.8 Å². The Morgan fingerprint density at radius 1 is 1.22 bits per heavy atom. The van der Waals surface area contributed by atoms with Crippen molar-refractivity contribution >= 4 is 51.6 Å². The first kappa shape index (κ1) is 24.5. The molecule has 1 aliphatic heterocycles. The summed E-state index contributed by atoms with van der Waals surface area (Å²) in [6.45, 7) is 5.55. The first-order valence-electron chi connectivity index (χ1n) is 9.10. The zero-order valence-electron chi connectivity index (χ0n) is 15.9. The maximum absolute atomic E-state index is 11.6. The highest BCUT2D eigenvalue weighted by atomic mass is 127. The largest absolute Gasteiger partial charge is 0.357 e. The fourth-order valence-corrected chi connectivity index (χ4v) is 3.96. The smallest absolute Gasteiger partial charge is 0.211 e. The number of rotatable bonds is 7. The van der Waals surface area contributed by atoms with Crippen LogP contribution < -0.4 is 10.6 Å². The predicted molar refractivity (Wildman–Crippen MR) is 124 cm³/mol. The number of piperidine rings is 1. The molecule has 1 heterocycles. The van der Waals surface area contributed by atoms with Crippen LogP contribution in [0.3, 0.4) is 0 Å². The van der Waals surface area contributed by atoms with Crippen LogP contribution in [-0.2, 0) is 16.4 Å². The van der Waals surface area contributed by atoms with Gasteiger partial charge in [-0.05, 0) is 49.8 Å². The Bertz CT molecular complexity index is 690. The molecular formula is C18H30ClIN4O2S. The van der Waals surface area contributed by atoms with Gasteiger partial charge >= 0.3 is 0 Å². The first-order chi connectivity index (χ1) is 12.4. The molecule has 1 fully saturated rings. The molecule has 1 aromatic rings. The summed E-state index contributed by atoms with van der Waals surface area (Å²) < 4.78 is 24.7. The van der Waals surface area contributed by atoms with Gasteiger partial charge in [-0.15, -0.1) is 24.0 Å². The molecule has 154 valence electrons. The van der Waals surface area contributed by atoms with Gasteiger partial charge in [0.05, 0.1) is 6.26 Å². The molecule has 0 aliphatic carbocycles. The van der Waals surface area contributed by atoms with Gasteiger partial charge < -0.3 is 10.6 Å². The summed E-state index contributed by atoms with van der Waals surface area (Å²) in [7, 11) is -3.07. The molecular weight excluding hydrogens is 499 g/mol. The molecule has 0 radical (unpaired) electrons. The molecule has 1 aromatic carbocycles. The van der Waals surface area contributed by atoms with Crippen LogP contribution in [0.4, 0.5) is 0 Å². The minimum Gasteiger partial charge on any atom is -0.357 e. The minimum absolute atomic E-state index is 0. The van der Waals surface area contributed by atoms with Crippen molar-refractivity contribution in [3.8, 4) is 0 Å². The molecule has 0 amide bonds. The summed E-state index contributed by atoms with van der Waals surface area (Å²) in [4.78, 5) is 4.68. The topological polar surface area (TPSA) is 73.8 Å². The van der Waals surface area contributed by atoms with Gasteiger partial charge in [0.25, 0.3) is 0 Å². The highest BCUT2D eigenvalue weighted by Crippen LogP contribution is 2.19. The van der Waals surface area contributed by atoms with E-state index in [4.69, 9.17) is 11.6 Å². The van der Waals surface area contributed by atoms with Crippen LogP contribution in [-0.4, -0.2) is 57.7 Å². The number of halogens is 2. The number of nitrogens with zero attached hydrogens (tertiary/aromatic N) is 2. The van der Waals surface area contributed by atoms with Crippen molar-refractivity contribution in [1.82, 2.24) is 14.9 Å². The second-order valence-corrected chi connectivity index (χ2v) is 9.05. The third-order valence-electron chi connectivity index (χ3n) is 4.51. The van der Waals surface area contributed by atoms with Gasteiger partial charge in [0, 0.05) is 37.7 Å². The van der Waals surface area contributed by atoms with Gasteiger partial charge in [0.2, 0.25) is 10.0 Å². The van der Waals surface area contributed by atoms with Gasteiger partial charge in [-0.3, -0.25) is 4.99 Å². The number of nitrogens with one attached hydrogen (secondary N) is 2. The van der Waals surface area contributed by atoms with E-state index < -0.39 is 10.0 Å². The molecule has 0 spiro atoms. The molecule has 6 nitrogen and oxygen atoms in total. The molecule has 2 N–H and O–H groups in total. The monoisotopic (exact) mass is 528 g/mol. The number of hydrogen-bond donors (Lipinski definition) is 2. The second kappa shape index (κ2) is 12.1. The van der Waals surface area contributed by atoms with Crippen LogP contribution >= 0.6 is 35.6 Å². The molecule has 0 aromatic heterocycles. The van der Waals surface area contributed by atoms with Gasteiger partial charge in [0.15, 0.2) is 5.96 Å². The average Bonchev–Trinajstić information content (AvgIpc) is 2.61. The number of hydrogen-bond acceptors (Lipinski definition) is 3. The van der Waals surface area contributed by atoms with Crippen LogP contribution in [0.15, 0.2) is 29.3 Å². The van der Waals surface area contributed by atoms with Gasteiger partial charge in [-0.2, -0.15) is 0 Å². The van der Waals surface area contributed by atoms with Crippen molar-refractivity contribution in [3.05, 3.63) is 34.9 Å². The van der Waals surface area contributed by atoms with Crippen LogP contribution in [0.1, 0.15) is 25.3 Å². The lowest BCUT2D eigenvalue weighted by Crippen LogP contribution is -2.40. The van der Waals surface area contributed by atoms with E-state index in [0.29, 0.717) is 25.6 Å². The van der Waals surface area contributed by atoms with Crippen molar-refractivity contribution in [2.45, 2.75) is 26.2 Å². The Kier molecular flexibility index (Phi) is 10.9. The summed E-state index contributed by atoms with van der Waals surface area (Å²) in [5.41, 5.74) is 1.23. The highest BCUT2D eigenvalue weighted by Gasteiger charge is 2.24. The van der Waals surface area contributed by atoms with E-state index in [1.54, 1.807) is 4.31 Å². The Hall–Kier alpha value is -0.580. The van der Waals surface area contributed by atoms with E-state index in [1.807, 2.05) is 31.2 Å². The number of benzene rings is 1. The van der Waals surface area contributed by atoms with E-state index in [9.17, 15) is 8.42 Å². The summed E-state index contributed by atoms with van der Waals surface area (Å²) >= 11 is 5.91. The van der Waals surface area contributed by atoms with Crippen molar-refractivity contribution < 1.29 is 8.42 Å². The van der Waals surface area contributed by atoms with Crippen LogP contribution in [0.25, 0.3) is 0 Å². The Morgan fingerprint density at radius 3 is 2.41 bits per heavy atom. The van der Waals surface area contributed by atoms with Gasteiger partial charge in [0.1, 0.15) is 0 Å². The van der Waals surface area contributed by atoms with E-state index >= 15 is 0 Å². The zero-order valence-corrected chi connectivity index (χ0v) is 19.9. The maximum Gasteiger partial charge on any atom is 0.211 e. The average molecular weight is 529 g/mol. The molecule has 27 heavy (non-hydrogen) atoms.